The normalized spacial score (nSPS) is 14.1. The fourth-order valence-electron chi connectivity index (χ4n) is 1.65. The van der Waals surface area contributed by atoms with E-state index in [1.165, 1.54) is 0 Å². The minimum Gasteiger partial charge on any atom is -0.386 e. The van der Waals surface area contributed by atoms with Gasteiger partial charge in [0.2, 0.25) is 0 Å². The number of aliphatic hydroxyl groups is 1. The van der Waals surface area contributed by atoms with Crippen LogP contribution in [0.15, 0.2) is 6.20 Å². The first-order chi connectivity index (χ1) is 7.36. The Bertz CT molecular complexity index is 339. The summed E-state index contributed by atoms with van der Waals surface area (Å²) in [4.78, 5) is 0. The van der Waals surface area contributed by atoms with Gasteiger partial charge < -0.3 is 9.84 Å². The van der Waals surface area contributed by atoms with Crippen molar-refractivity contribution in [2.75, 3.05) is 13.2 Å². The van der Waals surface area contributed by atoms with E-state index in [2.05, 4.69) is 25.9 Å². The molecule has 1 N–H and O–H groups in total. The van der Waals surface area contributed by atoms with Gasteiger partial charge in [-0.3, -0.25) is 4.68 Å². The van der Waals surface area contributed by atoms with E-state index in [-0.39, 0.29) is 5.41 Å². The summed E-state index contributed by atoms with van der Waals surface area (Å²) >= 11 is 0. The summed E-state index contributed by atoms with van der Waals surface area (Å²) in [6.07, 6.45) is 1.27. The van der Waals surface area contributed by atoms with Crippen LogP contribution in [0.1, 0.15) is 45.1 Å². The molecule has 1 aromatic rings. The Kier molecular flexibility index (Phi) is 4.10. The van der Waals surface area contributed by atoms with E-state index in [4.69, 9.17) is 4.74 Å². The van der Waals surface area contributed by atoms with Gasteiger partial charge in [-0.15, -0.1) is 0 Å². The molecule has 16 heavy (non-hydrogen) atoms. The molecule has 92 valence electrons. The van der Waals surface area contributed by atoms with Crippen molar-refractivity contribution in [1.82, 2.24) is 9.78 Å². The molecule has 0 bridgehead atoms. The Labute approximate surface area is 97.2 Å². The smallest absolute Gasteiger partial charge is 0.106 e. The molecular weight excluding hydrogens is 204 g/mol. The van der Waals surface area contributed by atoms with E-state index >= 15 is 0 Å². The maximum atomic E-state index is 10.0. The average molecular weight is 226 g/mol. The number of aryl methyl sites for hydroxylation is 1. The largest absolute Gasteiger partial charge is 0.386 e. The molecule has 0 radical (unpaired) electrons. The third-order valence-electron chi connectivity index (χ3n) is 2.41. The van der Waals surface area contributed by atoms with E-state index in [1.54, 1.807) is 4.68 Å². The number of hydrogen-bond acceptors (Lipinski definition) is 3. The molecule has 0 spiro atoms. The topological polar surface area (TPSA) is 47.3 Å². The van der Waals surface area contributed by atoms with Crippen LogP contribution < -0.4 is 0 Å². The molecule has 0 aromatic carbocycles. The van der Waals surface area contributed by atoms with Crippen molar-refractivity contribution >= 4 is 0 Å². The first kappa shape index (κ1) is 13.2. The highest BCUT2D eigenvalue weighted by molar-refractivity contribution is 5.26. The highest BCUT2D eigenvalue weighted by Gasteiger charge is 2.25. The predicted octanol–water partition coefficient (Wildman–Crippen LogP) is 1.79. The van der Waals surface area contributed by atoms with Gasteiger partial charge in [0.05, 0.1) is 12.3 Å². The van der Waals surface area contributed by atoms with Crippen LogP contribution in [0.3, 0.4) is 0 Å². The van der Waals surface area contributed by atoms with Crippen molar-refractivity contribution in [3.8, 4) is 0 Å². The number of nitrogens with zero attached hydrogens (tertiary/aromatic N) is 2. The second kappa shape index (κ2) is 4.97. The highest BCUT2D eigenvalue weighted by Crippen LogP contribution is 2.28. The van der Waals surface area contributed by atoms with Gasteiger partial charge in [-0.25, -0.2) is 0 Å². The molecule has 1 rings (SSSR count). The zero-order valence-corrected chi connectivity index (χ0v) is 10.8. The maximum Gasteiger partial charge on any atom is 0.106 e. The summed E-state index contributed by atoms with van der Waals surface area (Å²) in [7, 11) is 1.87. The van der Waals surface area contributed by atoms with Crippen LogP contribution in [0, 0.1) is 0 Å². The lowest BCUT2D eigenvalue weighted by atomic mass is 9.88. The third kappa shape index (κ3) is 3.06. The summed E-state index contributed by atoms with van der Waals surface area (Å²) < 4.78 is 6.98. The molecule has 0 fully saturated rings. The fourth-order valence-corrected chi connectivity index (χ4v) is 1.65. The van der Waals surface area contributed by atoms with Crippen molar-refractivity contribution in [1.29, 1.82) is 0 Å². The van der Waals surface area contributed by atoms with Crippen molar-refractivity contribution in [3.63, 3.8) is 0 Å². The zero-order chi connectivity index (χ0) is 12.3. The number of hydrogen-bond donors (Lipinski definition) is 1. The Morgan fingerprint density at radius 2 is 2.12 bits per heavy atom. The summed E-state index contributed by atoms with van der Waals surface area (Å²) in [5.74, 6) is 0. The Morgan fingerprint density at radius 3 is 2.62 bits per heavy atom. The van der Waals surface area contributed by atoms with Crippen LogP contribution in [0.5, 0.6) is 0 Å². The molecule has 0 amide bonds. The molecule has 1 heterocycles. The first-order valence-corrected chi connectivity index (χ1v) is 5.66. The molecule has 0 aliphatic carbocycles. The number of aliphatic hydroxyl groups excluding tert-OH is 1. The third-order valence-corrected chi connectivity index (χ3v) is 2.41. The van der Waals surface area contributed by atoms with Gasteiger partial charge in [0.15, 0.2) is 0 Å². The van der Waals surface area contributed by atoms with Gasteiger partial charge in [0.25, 0.3) is 0 Å². The Morgan fingerprint density at radius 1 is 1.50 bits per heavy atom. The summed E-state index contributed by atoms with van der Waals surface area (Å²) in [5, 5.41) is 14.4. The monoisotopic (exact) mass is 226 g/mol. The lowest BCUT2D eigenvalue weighted by molar-refractivity contribution is 0.0411. The SMILES string of the molecule is CCOCC(O)c1cn(C)nc1C(C)(C)C. The molecule has 4 heteroatoms. The quantitative estimate of drug-likeness (QED) is 0.851. The summed E-state index contributed by atoms with van der Waals surface area (Å²) in [6, 6.07) is 0. The van der Waals surface area contributed by atoms with Gasteiger partial charge >= 0.3 is 0 Å². The van der Waals surface area contributed by atoms with Crippen LogP contribution in [0.4, 0.5) is 0 Å². The molecule has 4 nitrogen and oxygen atoms in total. The average Bonchev–Trinajstić information content (AvgIpc) is 2.56. The molecule has 0 aliphatic rings. The van der Waals surface area contributed by atoms with Gasteiger partial charge in [0.1, 0.15) is 6.10 Å². The van der Waals surface area contributed by atoms with E-state index in [0.717, 1.165) is 11.3 Å². The second-order valence-electron chi connectivity index (χ2n) is 5.03. The van der Waals surface area contributed by atoms with E-state index in [9.17, 15) is 5.11 Å². The Hall–Kier alpha value is -0.870. The van der Waals surface area contributed by atoms with Crippen molar-refractivity contribution in [3.05, 3.63) is 17.5 Å². The van der Waals surface area contributed by atoms with Crippen molar-refractivity contribution < 1.29 is 9.84 Å². The summed E-state index contributed by atoms with van der Waals surface area (Å²) in [6.45, 7) is 9.12. The van der Waals surface area contributed by atoms with Crippen molar-refractivity contribution in [2.24, 2.45) is 7.05 Å². The van der Waals surface area contributed by atoms with E-state index < -0.39 is 6.10 Å². The van der Waals surface area contributed by atoms with Crippen LogP contribution in [-0.2, 0) is 17.2 Å². The fraction of sp³-hybridized carbons (Fsp3) is 0.750. The van der Waals surface area contributed by atoms with Crippen LogP contribution in [0.2, 0.25) is 0 Å². The predicted molar refractivity (Wildman–Crippen MR) is 63.4 cm³/mol. The molecule has 1 atom stereocenters. The summed E-state index contributed by atoms with van der Waals surface area (Å²) in [5.41, 5.74) is 1.73. The number of aromatic nitrogens is 2. The van der Waals surface area contributed by atoms with Crippen LogP contribution in [-0.4, -0.2) is 28.1 Å². The molecule has 1 aromatic heterocycles. The zero-order valence-electron chi connectivity index (χ0n) is 10.8. The van der Waals surface area contributed by atoms with Crippen LogP contribution in [0.25, 0.3) is 0 Å². The van der Waals surface area contributed by atoms with E-state index in [0.29, 0.717) is 13.2 Å². The second-order valence-corrected chi connectivity index (χ2v) is 5.03. The maximum absolute atomic E-state index is 10.0. The minimum absolute atomic E-state index is 0.0657. The van der Waals surface area contributed by atoms with Gasteiger partial charge in [-0.1, -0.05) is 20.8 Å². The number of ether oxygens (including phenoxy) is 1. The lowest BCUT2D eigenvalue weighted by Gasteiger charge is -2.19. The molecule has 0 aliphatic heterocycles. The molecular formula is C12H22N2O2. The van der Waals surface area contributed by atoms with Gasteiger partial charge in [0, 0.05) is 30.8 Å². The highest BCUT2D eigenvalue weighted by atomic mass is 16.5. The Balaban J connectivity index is 2.94. The minimum atomic E-state index is -0.595. The number of rotatable bonds is 4. The molecule has 0 saturated carbocycles. The van der Waals surface area contributed by atoms with E-state index in [1.807, 2.05) is 20.2 Å². The molecule has 1 unspecified atom stereocenters. The lowest BCUT2D eigenvalue weighted by Crippen LogP contribution is -2.18. The van der Waals surface area contributed by atoms with Crippen molar-refractivity contribution in [2.45, 2.75) is 39.2 Å². The van der Waals surface area contributed by atoms with Crippen LogP contribution >= 0.6 is 0 Å². The standard InChI is InChI=1S/C12H22N2O2/c1-6-16-8-10(15)9-7-14(5)13-11(9)12(2,3)4/h7,10,15H,6,8H2,1-5H3. The molecule has 0 saturated heterocycles. The van der Waals surface area contributed by atoms with Gasteiger partial charge in [-0.2, -0.15) is 5.10 Å². The van der Waals surface area contributed by atoms with Gasteiger partial charge in [-0.05, 0) is 6.92 Å². The first-order valence-electron chi connectivity index (χ1n) is 5.66.